The number of nitrogens with zero attached hydrogens (tertiary/aromatic N) is 3. The van der Waals surface area contributed by atoms with Crippen LogP contribution in [0.25, 0.3) is 10.9 Å². The molecule has 0 radical (unpaired) electrons. The molecule has 2 aromatic rings. The summed E-state index contributed by atoms with van der Waals surface area (Å²) in [5, 5.41) is 1.15. The Bertz CT molecular complexity index is 898. The van der Waals surface area contributed by atoms with E-state index in [0.717, 1.165) is 35.9 Å². The smallest absolute Gasteiger partial charge is 0.227 e. The highest BCUT2D eigenvalue weighted by atomic mass is 16.2. The standard InChI is InChI=1S/C22H27N3O2/c1-23-12-17(19-4-2-3-5-20(19)23)10-21(26)24-13-16-8-9-18(14-24)25(22(16)27)11-15-6-7-15/h2-5,12,15-16,18H,6-11,13-14H2,1H3/t16-,18+/m1/s1. The lowest BCUT2D eigenvalue weighted by molar-refractivity contribution is -0.140. The summed E-state index contributed by atoms with van der Waals surface area (Å²) in [5.41, 5.74) is 2.23. The molecule has 0 unspecified atom stereocenters. The lowest BCUT2D eigenvalue weighted by Gasteiger charge is -2.36. The SMILES string of the molecule is Cn1cc(CC(=O)N2C[C@H]3CC[C@@H](C2)N(CC2CC2)C3=O)c2ccccc21. The lowest BCUT2D eigenvalue weighted by atomic mass is 9.94. The zero-order valence-corrected chi connectivity index (χ0v) is 15.9. The lowest BCUT2D eigenvalue weighted by Crippen LogP contribution is -2.48. The first kappa shape index (κ1) is 16.8. The van der Waals surface area contributed by atoms with E-state index in [1.165, 1.54) is 12.8 Å². The van der Waals surface area contributed by atoms with Crippen LogP contribution in [0.5, 0.6) is 0 Å². The largest absolute Gasteiger partial charge is 0.350 e. The molecular formula is C22H27N3O2. The van der Waals surface area contributed by atoms with E-state index in [1.807, 2.05) is 24.1 Å². The Morgan fingerprint density at radius 1 is 1.11 bits per heavy atom. The van der Waals surface area contributed by atoms with Gasteiger partial charge in [0.15, 0.2) is 0 Å². The fourth-order valence-corrected chi connectivity index (χ4v) is 4.90. The van der Waals surface area contributed by atoms with Crippen molar-refractivity contribution in [2.45, 2.75) is 38.1 Å². The number of amides is 2. The Balaban J connectivity index is 1.35. The molecule has 1 aliphatic carbocycles. The Kier molecular flexibility index (Phi) is 3.99. The van der Waals surface area contributed by atoms with Crippen LogP contribution in [0.15, 0.2) is 30.5 Å². The fourth-order valence-electron chi connectivity index (χ4n) is 4.90. The first-order valence-corrected chi connectivity index (χ1v) is 10.2. The quantitative estimate of drug-likeness (QED) is 0.836. The molecule has 2 atom stereocenters. The van der Waals surface area contributed by atoms with Crippen LogP contribution in [0.3, 0.4) is 0 Å². The Morgan fingerprint density at radius 3 is 2.74 bits per heavy atom. The number of carbonyl (C=O) groups is 2. The zero-order chi connectivity index (χ0) is 18.5. The van der Waals surface area contributed by atoms with Crippen molar-refractivity contribution in [2.24, 2.45) is 18.9 Å². The zero-order valence-electron chi connectivity index (χ0n) is 15.9. The van der Waals surface area contributed by atoms with Crippen molar-refractivity contribution in [1.29, 1.82) is 0 Å². The molecule has 27 heavy (non-hydrogen) atoms. The minimum absolute atomic E-state index is 0.000956. The van der Waals surface area contributed by atoms with Crippen LogP contribution in [-0.4, -0.2) is 51.9 Å². The second-order valence-electron chi connectivity index (χ2n) is 8.62. The minimum atomic E-state index is -0.000956. The summed E-state index contributed by atoms with van der Waals surface area (Å²) in [7, 11) is 2.02. The molecule has 4 aliphatic rings. The molecule has 1 aromatic heterocycles. The van der Waals surface area contributed by atoms with Crippen molar-refractivity contribution in [2.75, 3.05) is 19.6 Å². The number of aryl methyl sites for hydroxylation is 1. The van der Waals surface area contributed by atoms with Crippen molar-refractivity contribution >= 4 is 22.7 Å². The third kappa shape index (κ3) is 3.03. The van der Waals surface area contributed by atoms with Gasteiger partial charge in [-0.3, -0.25) is 9.59 Å². The van der Waals surface area contributed by atoms with E-state index in [4.69, 9.17) is 0 Å². The maximum Gasteiger partial charge on any atom is 0.227 e. The number of piperidine rings is 1. The summed E-state index contributed by atoms with van der Waals surface area (Å²) >= 11 is 0. The molecule has 1 aromatic carbocycles. The first-order valence-electron chi connectivity index (χ1n) is 10.2. The number of fused-ring (bicyclic) bond motifs is 5. The highest BCUT2D eigenvalue weighted by molar-refractivity contribution is 5.90. The molecule has 4 fully saturated rings. The van der Waals surface area contributed by atoms with E-state index in [-0.39, 0.29) is 17.9 Å². The van der Waals surface area contributed by atoms with E-state index >= 15 is 0 Å². The number of aromatic nitrogens is 1. The van der Waals surface area contributed by atoms with Crippen molar-refractivity contribution in [1.82, 2.24) is 14.4 Å². The molecule has 3 aliphatic heterocycles. The molecule has 4 heterocycles. The fraction of sp³-hybridized carbons (Fsp3) is 0.545. The topological polar surface area (TPSA) is 45.6 Å². The average Bonchev–Trinajstić information content (AvgIpc) is 3.47. The summed E-state index contributed by atoms with van der Waals surface area (Å²) in [6, 6.07) is 8.44. The van der Waals surface area contributed by atoms with Crippen LogP contribution in [-0.2, 0) is 23.1 Å². The summed E-state index contributed by atoms with van der Waals surface area (Å²) in [5.74, 6) is 1.15. The molecule has 2 amide bonds. The third-order valence-electron chi connectivity index (χ3n) is 6.62. The van der Waals surface area contributed by atoms with Gasteiger partial charge in [-0.1, -0.05) is 18.2 Å². The van der Waals surface area contributed by atoms with Crippen LogP contribution in [0.4, 0.5) is 0 Å². The second kappa shape index (κ2) is 6.39. The summed E-state index contributed by atoms with van der Waals surface area (Å²) in [4.78, 5) is 30.1. The molecule has 5 heteroatoms. The van der Waals surface area contributed by atoms with Gasteiger partial charge in [0.25, 0.3) is 0 Å². The van der Waals surface area contributed by atoms with Gasteiger partial charge in [-0.2, -0.15) is 0 Å². The van der Waals surface area contributed by atoms with E-state index < -0.39 is 0 Å². The Hall–Kier alpha value is -2.30. The van der Waals surface area contributed by atoms with Gasteiger partial charge in [-0.05, 0) is 43.2 Å². The van der Waals surface area contributed by atoms with E-state index in [2.05, 4.69) is 27.8 Å². The van der Waals surface area contributed by atoms with Gasteiger partial charge in [0, 0.05) is 49.8 Å². The molecule has 2 bridgehead atoms. The van der Waals surface area contributed by atoms with Crippen LogP contribution < -0.4 is 0 Å². The molecule has 142 valence electrons. The van der Waals surface area contributed by atoms with Crippen molar-refractivity contribution in [3.8, 4) is 0 Å². The highest BCUT2D eigenvalue weighted by Crippen LogP contribution is 2.35. The Labute approximate surface area is 159 Å². The molecule has 0 N–H and O–H groups in total. The number of hydrogen-bond donors (Lipinski definition) is 0. The van der Waals surface area contributed by atoms with Gasteiger partial charge in [-0.25, -0.2) is 0 Å². The maximum absolute atomic E-state index is 13.1. The molecule has 0 spiro atoms. The second-order valence-corrected chi connectivity index (χ2v) is 8.62. The predicted octanol–water partition coefficient (Wildman–Crippen LogP) is 2.58. The number of para-hydroxylation sites is 1. The summed E-state index contributed by atoms with van der Waals surface area (Å²) in [6.07, 6.45) is 6.97. The van der Waals surface area contributed by atoms with Crippen LogP contribution in [0.1, 0.15) is 31.2 Å². The third-order valence-corrected chi connectivity index (χ3v) is 6.62. The number of benzene rings is 1. The molecular weight excluding hydrogens is 338 g/mol. The Morgan fingerprint density at radius 2 is 1.93 bits per heavy atom. The summed E-state index contributed by atoms with van der Waals surface area (Å²) in [6.45, 7) is 2.21. The van der Waals surface area contributed by atoms with Crippen LogP contribution >= 0.6 is 0 Å². The van der Waals surface area contributed by atoms with Crippen molar-refractivity contribution in [3.63, 3.8) is 0 Å². The van der Waals surface area contributed by atoms with E-state index in [9.17, 15) is 9.59 Å². The summed E-state index contributed by atoms with van der Waals surface area (Å²) < 4.78 is 2.09. The number of hydrogen-bond acceptors (Lipinski definition) is 2. The normalized spacial score (nSPS) is 25.3. The number of rotatable bonds is 4. The molecule has 5 nitrogen and oxygen atoms in total. The van der Waals surface area contributed by atoms with Gasteiger partial charge in [0.2, 0.25) is 11.8 Å². The maximum atomic E-state index is 13.1. The number of carbonyl (C=O) groups excluding carboxylic acids is 2. The van der Waals surface area contributed by atoms with Crippen molar-refractivity contribution in [3.05, 3.63) is 36.0 Å². The van der Waals surface area contributed by atoms with E-state index in [1.54, 1.807) is 0 Å². The molecule has 3 saturated heterocycles. The van der Waals surface area contributed by atoms with Crippen molar-refractivity contribution < 1.29 is 9.59 Å². The monoisotopic (exact) mass is 365 g/mol. The average molecular weight is 365 g/mol. The van der Waals surface area contributed by atoms with Gasteiger partial charge < -0.3 is 14.4 Å². The first-order chi connectivity index (χ1) is 13.1. The van der Waals surface area contributed by atoms with E-state index in [0.29, 0.717) is 31.3 Å². The molecule has 1 saturated carbocycles. The van der Waals surface area contributed by atoms with Gasteiger partial charge >= 0.3 is 0 Å². The van der Waals surface area contributed by atoms with Crippen LogP contribution in [0.2, 0.25) is 0 Å². The van der Waals surface area contributed by atoms with Gasteiger partial charge in [0.1, 0.15) is 0 Å². The predicted molar refractivity (Wildman–Crippen MR) is 104 cm³/mol. The molecule has 6 rings (SSSR count). The van der Waals surface area contributed by atoms with Gasteiger partial charge in [-0.15, -0.1) is 0 Å². The minimum Gasteiger partial charge on any atom is -0.350 e. The highest BCUT2D eigenvalue weighted by Gasteiger charge is 2.43. The van der Waals surface area contributed by atoms with Crippen LogP contribution in [0, 0.1) is 11.8 Å². The van der Waals surface area contributed by atoms with Gasteiger partial charge in [0.05, 0.1) is 12.3 Å².